The molecule has 25 heavy (non-hydrogen) atoms. The maximum atomic E-state index is 12.5. The Kier molecular flexibility index (Phi) is 5.51. The van der Waals surface area contributed by atoms with Gasteiger partial charge < -0.3 is 14.6 Å². The Bertz CT molecular complexity index is 811. The van der Waals surface area contributed by atoms with Crippen LogP contribution >= 0.6 is 0 Å². The summed E-state index contributed by atoms with van der Waals surface area (Å²) >= 11 is 0. The Labute approximate surface area is 142 Å². The number of amides is 1. The first-order valence-corrected chi connectivity index (χ1v) is 7.54. The van der Waals surface area contributed by atoms with E-state index in [0.717, 1.165) is 0 Å². The van der Waals surface area contributed by atoms with Crippen LogP contribution in [-0.4, -0.2) is 16.8 Å². The molecule has 134 valence electrons. The zero-order valence-electron chi connectivity index (χ0n) is 13.7. The molecule has 0 aliphatic carbocycles. The summed E-state index contributed by atoms with van der Waals surface area (Å²) < 4.78 is 41.6. The summed E-state index contributed by atoms with van der Waals surface area (Å²) in [4.78, 5) is 24.0. The average Bonchev–Trinajstić information content (AvgIpc) is 2.54. The van der Waals surface area contributed by atoms with Crippen molar-refractivity contribution in [3.05, 3.63) is 58.0 Å². The Morgan fingerprint density at radius 1 is 1.20 bits per heavy atom. The van der Waals surface area contributed by atoms with Gasteiger partial charge in [-0.3, -0.25) is 9.59 Å². The maximum Gasteiger partial charge on any atom is 0.573 e. The van der Waals surface area contributed by atoms with Gasteiger partial charge in [0, 0.05) is 12.6 Å². The van der Waals surface area contributed by atoms with Crippen molar-refractivity contribution in [1.82, 2.24) is 4.57 Å². The molecule has 5 nitrogen and oxygen atoms in total. The highest BCUT2D eigenvalue weighted by molar-refractivity contribution is 5.90. The number of halogens is 3. The number of rotatable bonds is 5. The molecule has 0 fully saturated rings. The molecular weight excluding hydrogens is 337 g/mol. The standard InChI is InChI=1S/C17H17F3N2O3/c1-3-14(23)21-15-11(2)8-9-22(16(15)24)10-12-4-6-13(7-5-12)25-17(18,19)20/h4-9H,3,10H2,1-2H3,(H,21,23). The molecule has 0 atom stereocenters. The van der Waals surface area contributed by atoms with Crippen molar-refractivity contribution in [3.8, 4) is 5.75 Å². The van der Waals surface area contributed by atoms with Crippen LogP contribution in [0.4, 0.5) is 18.9 Å². The van der Waals surface area contributed by atoms with Crippen LogP contribution in [0, 0.1) is 6.92 Å². The predicted molar refractivity (Wildman–Crippen MR) is 86.6 cm³/mol. The van der Waals surface area contributed by atoms with Crippen molar-refractivity contribution < 1.29 is 22.7 Å². The molecule has 0 aliphatic rings. The van der Waals surface area contributed by atoms with Crippen molar-refractivity contribution in [2.45, 2.75) is 33.2 Å². The van der Waals surface area contributed by atoms with E-state index in [9.17, 15) is 22.8 Å². The first-order valence-electron chi connectivity index (χ1n) is 7.54. The fourth-order valence-electron chi connectivity index (χ4n) is 2.16. The zero-order chi connectivity index (χ0) is 18.6. The molecule has 1 amide bonds. The van der Waals surface area contributed by atoms with Crippen LogP contribution in [0.2, 0.25) is 0 Å². The highest BCUT2D eigenvalue weighted by atomic mass is 19.4. The summed E-state index contributed by atoms with van der Waals surface area (Å²) in [5.41, 5.74) is 1.08. The van der Waals surface area contributed by atoms with E-state index < -0.39 is 6.36 Å². The number of carbonyl (C=O) groups excluding carboxylic acids is 1. The van der Waals surface area contributed by atoms with E-state index in [1.807, 2.05) is 0 Å². The van der Waals surface area contributed by atoms with E-state index in [1.165, 1.54) is 28.8 Å². The number of hydrogen-bond donors (Lipinski definition) is 1. The molecule has 0 saturated carbocycles. The highest BCUT2D eigenvalue weighted by Gasteiger charge is 2.30. The lowest BCUT2D eigenvalue weighted by Gasteiger charge is -2.12. The van der Waals surface area contributed by atoms with E-state index >= 15 is 0 Å². The quantitative estimate of drug-likeness (QED) is 0.895. The lowest BCUT2D eigenvalue weighted by molar-refractivity contribution is -0.274. The van der Waals surface area contributed by atoms with E-state index in [4.69, 9.17) is 0 Å². The molecule has 0 spiro atoms. The molecule has 0 aliphatic heterocycles. The van der Waals surface area contributed by atoms with Gasteiger partial charge in [-0.15, -0.1) is 13.2 Å². The summed E-state index contributed by atoms with van der Waals surface area (Å²) in [5.74, 6) is -0.602. The van der Waals surface area contributed by atoms with E-state index in [1.54, 1.807) is 26.1 Å². The van der Waals surface area contributed by atoms with Crippen molar-refractivity contribution in [2.75, 3.05) is 5.32 Å². The van der Waals surface area contributed by atoms with Crippen LogP contribution in [-0.2, 0) is 11.3 Å². The summed E-state index contributed by atoms with van der Waals surface area (Å²) in [6.45, 7) is 3.54. The number of aryl methyl sites for hydroxylation is 1. The van der Waals surface area contributed by atoms with Gasteiger partial charge in [-0.2, -0.15) is 0 Å². The van der Waals surface area contributed by atoms with Crippen molar-refractivity contribution in [3.63, 3.8) is 0 Å². The Hall–Kier alpha value is -2.77. The van der Waals surface area contributed by atoms with Gasteiger partial charge in [-0.1, -0.05) is 19.1 Å². The molecule has 1 aromatic heterocycles. The Morgan fingerprint density at radius 3 is 2.40 bits per heavy atom. The van der Waals surface area contributed by atoms with E-state index in [0.29, 0.717) is 11.1 Å². The minimum Gasteiger partial charge on any atom is -0.406 e. The second kappa shape index (κ2) is 7.42. The number of anilines is 1. The van der Waals surface area contributed by atoms with Gasteiger partial charge in [0.2, 0.25) is 5.91 Å². The minimum atomic E-state index is -4.75. The number of nitrogens with zero attached hydrogens (tertiary/aromatic N) is 1. The molecule has 0 radical (unpaired) electrons. The van der Waals surface area contributed by atoms with Crippen LogP contribution in [0.25, 0.3) is 0 Å². The predicted octanol–water partition coefficient (Wildman–Crippen LogP) is 3.45. The van der Waals surface area contributed by atoms with Gasteiger partial charge in [-0.05, 0) is 36.2 Å². The topological polar surface area (TPSA) is 60.3 Å². The monoisotopic (exact) mass is 354 g/mol. The third kappa shape index (κ3) is 5.10. The average molecular weight is 354 g/mol. The number of carbonyl (C=O) groups is 1. The second-order valence-electron chi connectivity index (χ2n) is 5.40. The number of nitrogens with one attached hydrogen (secondary N) is 1. The summed E-state index contributed by atoms with van der Waals surface area (Å²) in [6, 6.07) is 6.94. The number of aromatic nitrogens is 1. The van der Waals surface area contributed by atoms with Gasteiger partial charge >= 0.3 is 6.36 Å². The molecule has 2 aromatic rings. The molecule has 0 saturated heterocycles. The Morgan fingerprint density at radius 2 is 1.84 bits per heavy atom. The van der Waals surface area contributed by atoms with E-state index in [-0.39, 0.29) is 35.9 Å². The molecular formula is C17H17F3N2O3. The SMILES string of the molecule is CCC(=O)Nc1c(C)ccn(Cc2ccc(OC(F)(F)F)cc2)c1=O. The molecule has 1 heterocycles. The number of hydrogen-bond acceptors (Lipinski definition) is 3. The van der Waals surface area contributed by atoms with Gasteiger partial charge in [0.25, 0.3) is 5.56 Å². The normalized spacial score (nSPS) is 11.2. The summed E-state index contributed by atoms with van der Waals surface area (Å²) in [5, 5.41) is 2.57. The van der Waals surface area contributed by atoms with Crippen LogP contribution in [0.3, 0.4) is 0 Å². The Balaban J connectivity index is 2.21. The maximum absolute atomic E-state index is 12.5. The summed E-state index contributed by atoms with van der Waals surface area (Å²) in [6.07, 6.45) is -2.93. The van der Waals surface area contributed by atoms with Crippen LogP contribution in [0.1, 0.15) is 24.5 Å². The fraction of sp³-hybridized carbons (Fsp3) is 0.294. The largest absolute Gasteiger partial charge is 0.573 e. The molecule has 1 N–H and O–H groups in total. The van der Waals surface area contributed by atoms with E-state index in [2.05, 4.69) is 10.1 Å². The number of pyridine rings is 1. The van der Waals surface area contributed by atoms with Gasteiger partial charge in [-0.25, -0.2) is 0 Å². The number of ether oxygens (including phenoxy) is 1. The van der Waals surface area contributed by atoms with Crippen molar-refractivity contribution in [1.29, 1.82) is 0 Å². The number of benzene rings is 1. The van der Waals surface area contributed by atoms with Crippen LogP contribution in [0.5, 0.6) is 5.75 Å². The molecule has 0 bridgehead atoms. The van der Waals surface area contributed by atoms with Crippen molar-refractivity contribution in [2.24, 2.45) is 0 Å². The van der Waals surface area contributed by atoms with Crippen LogP contribution in [0.15, 0.2) is 41.3 Å². The zero-order valence-corrected chi connectivity index (χ0v) is 13.7. The second-order valence-corrected chi connectivity index (χ2v) is 5.40. The molecule has 8 heteroatoms. The third-order valence-electron chi connectivity index (χ3n) is 3.47. The fourth-order valence-corrected chi connectivity index (χ4v) is 2.16. The lowest BCUT2D eigenvalue weighted by atomic mass is 10.2. The van der Waals surface area contributed by atoms with Crippen molar-refractivity contribution >= 4 is 11.6 Å². The lowest BCUT2D eigenvalue weighted by Crippen LogP contribution is -2.26. The van der Waals surface area contributed by atoms with Gasteiger partial charge in [0.15, 0.2) is 0 Å². The molecule has 0 unspecified atom stereocenters. The number of alkyl halides is 3. The molecule has 1 aromatic carbocycles. The molecule has 2 rings (SSSR count). The van der Waals surface area contributed by atoms with Gasteiger partial charge in [0.1, 0.15) is 11.4 Å². The first kappa shape index (κ1) is 18.6. The van der Waals surface area contributed by atoms with Gasteiger partial charge in [0.05, 0.1) is 6.54 Å². The third-order valence-corrected chi connectivity index (χ3v) is 3.47. The highest BCUT2D eigenvalue weighted by Crippen LogP contribution is 2.23. The van der Waals surface area contributed by atoms with Crippen LogP contribution < -0.4 is 15.6 Å². The first-order chi connectivity index (χ1) is 11.7. The smallest absolute Gasteiger partial charge is 0.406 e. The minimum absolute atomic E-state index is 0.153. The summed E-state index contributed by atoms with van der Waals surface area (Å²) in [7, 11) is 0.